The van der Waals surface area contributed by atoms with Crippen molar-refractivity contribution in [2.45, 2.75) is 59.4 Å². The third-order valence-electron chi connectivity index (χ3n) is 3.88. The van der Waals surface area contributed by atoms with Crippen molar-refractivity contribution in [3.63, 3.8) is 0 Å². The van der Waals surface area contributed by atoms with Gasteiger partial charge in [-0.05, 0) is 44.2 Å². The first-order valence-corrected chi connectivity index (χ1v) is 6.41. The molecule has 84 valence electrons. The molecule has 3 atom stereocenters. The van der Waals surface area contributed by atoms with E-state index in [9.17, 15) is 0 Å². The molecule has 1 saturated heterocycles. The Kier molecular flexibility index (Phi) is 4.94. The highest BCUT2D eigenvalue weighted by Crippen LogP contribution is 2.27. The molecule has 14 heavy (non-hydrogen) atoms. The Balaban J connectivity index is 2.44. The van der Waals surface area contributed by atoms with Gasteiger partial charge in [0.2, 0.25) is 0 Å². The molecule has 1 aliphatic heterocycles. The minimum atomic E-state index is 0.874. The quantitative estimate of drug-likeness (QED) is 0.666. The van der Waals surface area contributed by atoms with Crippen LogP contribution < -0.4 is 0 Å². The van der Waals surface area contributed by atoms with Crippen LogP contribution in [-0.4, -0.2) is 24.0 Å². The lowest BCUT2D eigenvalue weighted by atomic mass is 9.87. The highest BCUT2D eigenvalue weighted by molar-refractivity contribution is 4.80. The van der Waals surface area contributed by atoms with Gasteiger partial charge < -0.3 is 4.90 Å². The first-order chi connectivity index (χ1) is 6.67. The summed E-state index contributed by atoms with van der Waals surface area (Å²) < 4.78 is 0. The molecule has 1 aliphatic rings. The molecule has 0 aromatic rings. The molecular formula is C13H27N. The third-order valence-corrected chi connectivity index (χ3v) is 3.88. The summed E-state index contributed by atoms with van der Waals surface area (Å²) in [6.45, 7) is 12.0. The summed E-state index contributed by atoms with van der Waals surface area (Å²) >= 11 is 0. The van der Waals surface area contributed by atoms with Crippen molar-refractivity contribution in [2.24, 2.45) is 11.8 Å². The van der Waals surface area contributed by atoms with E-state index < -0.39 is 0 Å². The summed E-state index contributed by atoms with van der Waals surface area (Å²) in [6, 6.07) is 0.874. The van der Waals surface area contributed by atoms with Gasteiger partial charge in [0.15, 0.2) is 0 Å². The first-order valence-electron chi connectivity index (χ1n) is 6.41. The fourth-order valence-corrected chi connectivity index (χ4v) is 2.59. The zero-order valence-corrected chi connectivity index (χ0v) is 10.4. The molecule has 1 fully saturated rings. The molecular weight excluding hydrogens is 170 g/mol. The second kappa shape index (κ2) is 5.75. The van der Waals surface area contributed by atoms with Crippen molar-refractivity contribution >= 4 is 0 Å². The summed E-state index contributed by atoms with van der Waals surface area (Å²) in [7, 11) is 0. The molecule has 0 spiro atoms. The zero-order valence-electron chi connectivity index (χ0n) is 10.4. The second-order valence-electron chi connectivity index (χ2n) is 5.16. The zero-order chi connectivity index (χ0) is 10.6. The number of likely N-dealkylation sites (tertiary alicyclic amines) is 1. The Morgan fingerprint density at radius 2 is 2.07 bits per heavy atom. The molecule has 0 amide bonds. The summed E-state index contributed by atoms with van der Waals surface area (Å²) in [6.07, 6.45) is 5.58. The van der Waals surface area contributed by atoms with Gasteiger partial charge in [-0.1, -0.05) is 34.1 Å². The van der Waals surface area contributed by atoms with E-state index in [1.54, 1.807) is 0 Å². The number of nitrogens with zero attached hydrogens (tertiary/aromatic N) is 1. The Hall–Kier alpha value is -0.0400. The highest BCUT2D eigenvalue weighted by atomic mass is 15.2. The van der Waals surface area contributed by atoms with Gasteiger partial charge in [-0.2, -0.15) is 0 Å². The van der Waals surface area contributed by atoms with Gasteiger partial charge in [0.05, 0.1) is 0 Å². The van der Waals surface area contributed by atoms with Crippen LogP contribution in [0.4, 0.5) is 0 Å². The average molecular weight is 197 g/mol. The molecule has 1 nitrogen and oxygen atoms in total. The molecule has 1 heteroatoms. The topological polar surface area (TPSA) is 3.24 Å². The molecule has 1 rings (SSSR count). The van der Waals surface area contributed by atoms with Gasteiger partial charge in [0, 0.05) is 6.04 Å². The minimum absolute atomic E-state index is 0.874. The summed E-state index contributed by atoms with van der Waals surface area (Å²) in [4.78, 5) is 2.69. The lowest BCUT2D eigenvalue weighted by molar-refractivity contribution is 0.105. The lowest BCUT2D eigenvalue weighted by Crippen LogP contribution is -2.42. The molecule has 3 unspecified atom stereocenters. The molecule has 0 aromatic heterocycles. The van der Waals surface area contributed by atoms with Crippen LogP contribution >= 0.6 is 0 Å². The predicted molar refractivity (Wildman–Crippen MR) is 63.5 cm³/mol. The van der Waals surface area contributed by atoms with Crippen LogP contribution in [0.15, 0.2) is 0 Å². The monoisotopic (exact) mass is 197 g/mol. The maximum absolute atomic E-state index is 2.69. The Morgan fingerprint density at radius 1 is 1.36 bits per heavy atom. The second-order valence-corrected chi connectivity index (χ2v) is 5.16. The largest absolute Gasteiger partial charge is 0.301 e. The summed E-state index contributed by atoms with van der Waals surface area (Å²) in [5, 5.41) is 0. The van der Waals surface area contributed by atoms with Crippen LogP contribution in [0.3, 0.4) is 0 Å². The normalized spacial score (nSPS) is 31.7. The summed E-state index contributed by atoms with van der Waals surface area (Å²) in [5.41, 5.74) is 0. The molecule has 0 aliphatic carbocycles. The van der Waals surface area contributed by atoms with Crippen LogP contribution in [0.25, 0.3) is 0 Å². The number of hydrogen-bond acceptors (Lipinski definition) is 1. The van der Waals surface area contributed by atoms with Crippen molar-refractivity contribution in [3.8, 4) is 0 Å². The Labute approximate surface area is 89.9 Å². The Bertz CT molecular complexity index is 155. The van der Waals surface area contributed by atoms with Gasteiger partial charge in [0.25, 0.3) is 0 Å². The van der Waals surface area contributed by atoms with Gasteiger partial charge in [0.1, 0.15) is 0 Å². The molecule has 0 aromatic carbocycles. The van der Waals surface area contributed by atoms with E-state index >= 15 is 0 Å². The van der Waals surface area contributed by atoms with E-state index in [1.165, 1.54) is 38.8 Å². The highest BCUT2D eigenvalue weighted by Gasteiger charge is 2.25. The fraction of sp³-hybridized carbons (Fsp3) is 1.00. The average Bonchev–Trinajstić information content (AvgIpc) is 2.18. The van der Waals surface area contributed by atoms with Crippen LogP contribution in [-0.2, 0) is 0 Å². The maximum Gasteiger partial charge on any atom is 0.0100 e. The van der Waals surface area contributed by atoms with Gasteiger partial charge in [-0.15, -0.1) is 0 Å². The molecule has 0 bridgehead atoms. The smallest absolute Gasteiger partial charge is 0.0100 e. The van der Waals surface area contributed by atoms with E-state index in [-0.39, 0.29) is 0 Å². The summed E-state index contributed by atoms with van der Waals surface area (Å²) in [5.74, 6) is 1.85. The standard InChI is InChI=1S/C13H27N/c1-5-11(3)9-13-10-12(4)7-8-14(13)6-2/h11-13H,5-10H2,1-4H3. The maximum atomic E-state index is 2.69. The lowest BCUT2D eigenvalue weighted by Gasteiger charge is -2.39. The number of hydrogen-bond donors (Lipinski definition) is 0. The third kappa shape index (κ3) is 3.27. The van der Waals surface area contributed by atoms with Crippen molar-refractivity contribution in [2.75, 3.05) is 13.1 Å². The van der Waals surface area contributed by atoms with Crippen molar-refractivity contribution in [1.82, 2.24) is 4.90 Å². The van der Waals surface area contributed by atoms with Gasteiger partial charge in [-0.3, -0.25) is 0 Å². The SMILES string of the molecule is CCC(C)CC1CC(C)CCN1CC. The van der Waals surface area contributed by atoms with Crippen LogP contribution in [0, 0.1) is 11.8 Å². The van der Waals surface area contributed by atoms with Crippen LogP contribution in [0.5, 0.6) is 0 Å². The first kappa shape index (κ1) is 12.0. The van der Waals surface area contributed by atoms with Crippen molar-refractivity contribution in [3.05, 3.63) is 0 Å². The van der Waals surface area contributed by atoms with Crippen LogP contribution in [0.2, 0.25) is 0 Å². The molecule has 0 saturated carbocycles. The van der Waals surface area contributed by atoms with E-state index in [0.717, 1.165) is 17.9 Å². The molecule has 1 heterocycles. The van der Waals surface area contributed by atoms with Gasteiger partial charge >= 0.3 is 0 Å². The minimum Gasteiger partial charge on any atom is -0.301 e. The van der Waals surface area contributed by atoms with Crippen molar-refractivity contribution in [1.29, 1.82) is 0 Å². The van der Waals surface area contributed by atoms with E-state index in [2.05, 4.69) is 32.6 Å². The Morgan fingerprint density at radius 3 is 2.64 bits per heavy atom. The molecule has 0 radical (unpaired) electrons. The molecule has 0 N–H and O–H groups in total. The number of rotatable bonds is 4. The number of piperidine rings is 1. The fourth-order valence-electron chi connectivity index (χ4n) is 2.59. The van der Waals surface area contributed by atoms with E-state index in [1.807, 2.05) is 0 Å². The predicted octanol–water partition coefficient (Wildman–Crippen LogP) is 3.54. The van der Waals surface area contributed by atoms with E-state index in [0.29, 0.717) is 0 Å². The van der Waals surface area contributed by atoms with E-state index in [4.69, 9.17) is 0 Å². The van der Waals surface area contributed by atoms with Crippen molar-refractivity contribution < 1.29 is 0 Å². The van der Waals surface area contributed by atoms with Gasteiger partial charge in [-0.25, -0.2) is 0 Å². The van der Waals surface area contributed by atoms with Crippen LogP contribution in [0.1, 0.15) is 53.4 Å².